The summed E-state index contributed by atoms with van der Waals surface area (Å²) < 4.78 is 5.23. The lowest BCUT2D eigenvalue weighted by atomic mass is 9.99. The molecule has 5 heteroatoms. The largest absolute Gasteiger partial charge is 0.450 e. The number of benzene rings is 2. The fourth-order valence-electron chi connectivity index (χ4n) is 3.07. The van der Waals surface area contributed by atoms with Crippen LogP contribution in [0.5, 0.6) is 0 Å². The molecule has 0 spiro atoms. The third kappa shape index (κ3) is 2.78. The average molecular weight is 341 g/mol. The molecule has 0 unspecified atom stereocenters. The first-order valence-electron chi connectivity index (χ1n) is 8.21. The van der Waals surface area contributed by atoms with Crippen molar-refractivity contribution in [2.24, 2.45) is 4.99 Å². The minimum atomic E-state index is -0.302. The third-order valence-corrected chi connectivity index (χ3v) is 4.35. The Balaban J connectivity index is 1.62. The molecule has 1 amide bonds. The van der Waals surface area contributed by atoms with Crippen LogP contribution < -0.4 is 5.32 Å². The van der Waals surface area contributed by atoms with Gasteiger partial charge in [-0.3, -0.25) is 9.79 Å². The van der Waals surface area contributed by atoms with E-state index in [1.165, 1.54) is 6.07 Å². The molecule has 0 saturated heterocycles. The quantitative estimate of drug-likeness (QED) is 0.780. The van der Waals surface area contributed by atoms with E-state index >= 15 is 0 Å². The summed E-state index contributed by atoms with van der Waals surface area (Å²) in [6, 6.07) is 19.1. The molecule has 0 radical (unpaired) electrons. The minimum absolute atomic E-state index is 0.125. The summed E-state index contributed by atoms with van der Waals surface area (Å²) in [5.74, 6) is 0.246. The van der Waals surface area contributed by atoms with E-state index in [9.17, 15) is 4.79 Å². The van der Waals surface area contributed by atoms with Gasteiger partial charge in [0.2, 0.25) is 5.76 Å². The number of fused-ring (bicyclic) bond motifs is 1. The molecule has 2 heterocycles. The van der Waals surface area contributed by atoms with Crippen molar-refractivity contribution in [1.82, 2.24) is 0 Å². The Morgan fingerprint density at radius 2 is 2.00 bits per heavy atom. The average Bonchev–Trinajstić information content (AvgIpc) is 3.25. The number of nitrogens with zero attached hydrogens (tertiary/aromatic N) is 2. The lowest BCUT2D eigenvalue weighted by Crippen LogP contribution is -2.13. The smallest absolute Gasteiger partial charge is 0.259 e. The van der Waals surface area contributed by atoms with Crippen molar-refractivity contribution in [2.45, 2.75) is 13.5 Å². The zero-order chi connectivity index (χ0) is 18.1. The molecule has 0 bridgehead atoms. The maximum atomic E-state index is 12.5. The number of carbonyl (C=O) groups excluding carboxylic acids is 1. The Labute approximate surface area is 150 Å². The summed E-state index contributed by atoms with van der Waals surface area (Å²) in [6.45, 7) is 2.30. The molecule has 126 valence electrons. The standard InChI is InChI=1S/C21H15N3O2/c1-13-18(10-17(11-22)26-13)21(25)24-16-8-7-15-12-23-20(19(15)9-16)14-5-3-2-4-6-14/h2-10H,12H2,1H3,(H,24,25). The Morgan fingerprint density at radius 3 is 2.73 bits per heavy atom. The van der Waals surface area contributed by atoms with Gasteiger partial charge in [0, 0.05) is 22.9 Å². The molecular formula is C21H15N3O2. The van der Waals surface area contributed by atoms with Crippen LogP contribution in [0.2, 0.25) is 0 Å². The number of rotatable bonds is 3. The van der Waals surface area contributed by atoms with Crippen molar-refractivity contribution in [3.63, 3.8) is 0 Å². The summed E-state index contributed by atoms with van der Waals surface area (Å²) in [4.78, 5) is 17.1. The van der Waals surface area contributed by atoms with Gasteiger partial charge in [-0.25, -0.2) is 0 Å². The van der Waals surface area contributed by atoms with E-state index < -0.39 is 0 Å². The first-order valence-corrected chi connectivity index (χ1v) is 8.21. The summed E-state index contributed by atoms with van der Waals surface area (Å²) in [5, 5.41) is 11.8. The third-order valence-electron chi connectivity index (χ3n) is 4.35. The van der Waals surface area contributed by atoms with Gasteiger partial charge in [-0.05, 0) is 24.6 Å². The van der Waals surface area contributed by atoms with E-state index in [0.29, 0.717) is 23.6 Å². The number of hydrogen-bond acceptors (Lipinski definition) is 4. The summed E-state index contributed by atoms with van der Waals surface area (Å²) in [6.07, 6.45) is 0. The van der Waals surface area contributed by atoms with E-state index in [1.807, 2.05) is 54.6 Å². The Bertz CT molecular complexity index is 1070. The normalized spacial score (nSPS) is 12.2. The predicted octanol–water partition coefficient (Wildman–Crippen LogP) is 4.06. The van der Waals surface area contributed by atoms with Gasteiger partial charge in [0.1, 0.15) is 11.8 Å². The highest BCUT2D eigenvalue weighted by atomic mass is 16.3. The molecule has 4 rings (SSSR count). The number of carbonyl (C=O) groups is 1. The van der Waals surface area contributed by atoms with Crippen LogP contribution in [0.1, 0.15) is 38.6 Å². The second-order valence-corrected chi connectivity index (χ2v) is 6.05. The zero-order valence-electron chi connectivity index (χ0n) is 14.1. The molecule has 1 aromatic heterocycles. The van der Waals surface area contributed by atoms with Gasteiger partial charge in [-0.1, -0.05) is 36.4 Å². The van der Waals surface area contributed by atoms with Crippen LogP contribution in [-0.4, -0.2) is 11.6 Å². The van der Waals surface area contributed by atoms with Gasteiger partial charge in [-0.2, -0.15) is 5.26 Å². The molecule has 0 saturated carbocycles. The number of nitrogens with one attached hydrogen (secondary N) is 1. The molecule has 2 aromatic carbocycles. The summed E-state index contributed by atoms with van der Waals surface area (Å²) >= 11 is 0. The van der Waals surface area contributed by atoms with Gasteiger partial charge in [0.05, 0.1) is 17.8 Å². The number of furan rings is 1. The van der Waals surface area contributed by atoms with E-state index in [0.717, 1.165) is 22.4 Å². The second kappa shape index (κ2) is 6.34. The molecule has 0 atom stereocenters. The summed E-state index contributed by atoms with van der Waals surface area (Å²) in [5.41, 5.74) is 5.18. The van der Waals surface area contributed by atoms with Gasteiger partial charge in [0.15, 0.2) is 0 Å². The molecule has 1 N–H and O–H groups in total. The minimum Gasteiger partial charge on any atom is -0.450 e. The van der Waals surface area contributed by atoms with Crippen LogP contribution in [0.3, 0.4) is 0 Å². The van der Waals surface area contributed by atoms with Crippen molar-refractivity contribution >= 4 is 17.3 Å². The molecule has 3 aromatic rings. The van der Waals surface area contributed by atoms with Crippen molar-refractivity contribution in [3.05, 3.63) is 88.4 Å². The fraction of sp³-hybridized carbons (Fsp3) is 0.0952. The van der Waals surface area contributed by atoms with Crippen LogP contribution in [0.25, 0.3) is 0 Å². The molecule has 5 nitrogen and oxygen atoms in total. The molecular weight excluding hydrogens is 326 g/mol. The van der Waals surface area contributed by atoms with Crippen molar-refractivity contribution in [3.8, 4) is 6.07 Å². The van der Waals surface area contributed by atoms with E-state index in [2.05, 4.69) is 10.3 Å². The molecule has 26 heavy (non-hydrogen) atoms. The number of aryl methyl sites for hydroxylation is 1. The van der Waals surface area contributed by atoms with E-state index in [4.69, 9.17) is 9.68 Å². The maximum Gasteiger partial charge on any atom is 0.259 e. The van der Waals surface area contributed by atoms with Crippen LogP contribution in [0, 0.1) is 18.3 Å². The number of hydrogen-bond donors (Lipinski definition) is 1. The van der Waals surface area contributed by atoms with Crippen LogP contribution in [0.15, 0.2) is 64.0 Å². The highest BCUT2D eigenvalue weighted by Crippen LogP contribution is 2.26. The predicted molar refractivity (Wildman–Crippen MR) is 98.3 cm³/mol. The lowest BCUT2D eigenvalue weighted by Gasteiger charge is -2.09. The monoisotopic (exact) mass is 341 g/mol. The Kier molecular flexibility index (Phi) is 3.86. The lowest BCUT2D eigenvalue weighted by molar-refractivity contribution is 0.102. The number of anilines is 1. The first kappa shape index (κ1) is 15.9. The molecule has 0 aliphatic carbocycles. The Morgan fingerprint density at radius 1 is 1.19 bits per heavy atom. The fourth-order valence-corrected chi connectivity index (χ4v) is 3.07. The van der Waals surface area contributed by atoms with Gasteiger partial charge < -0.3 is 9.73 Å². The van der Waals surface area contributed by atoms with Crippen molar-refractivity contribution in [2.75, 3.05) is 5.32 Å². The van der Waals surface area contributed by atoms with Crippen LogP contribution >= 0.6 is 0 Å². The van der Waals surface area contributed by atoms with Crippen molar-refractivity contribution < 1.29 is 9.21 Å². The van der Waals surface area contributed by atoms with E-state index in [-0.39, 0.29) is 11.7 Å². The first-order chi connectivity index (χ1) is 12.7. The SMILES string of the molecule is Cc1oc(C#N)cc1C(=O)Nc1ccc2c(c1)C(c1ccccc1)=NC2. The van der Waals surface area contributed by atoms with Gasteiger partial charge in [0.25, 0.3) is 5.91 Å². The van der Waals surface area contributed by atoms with Gasteiger partial charge >= 0.3 is 0 Å². The van der Waals surface area contributed by atoms with E-state index in [1.54, 1.807) is 6.92 Å². The van der Waals surface area contributed by atoms with Crippen LogP contribution in [-0.2, 0) is 6.54 Å². The molecule has 1 aliphatic heterocycles. The number of aliphatic imine (C=N–C) groups is 1. The maximum absolute atomic E-state index is 12.5. The van der Waals surface area contributed by atoms with Crippen molar-refractivity contribution in [1.29, 1.82) is 5.26 Å². The highest BCUT2D eigenvalue weighted by molar-refractivity contribution is 6.16. The number of nitriles is 1. The molecule has 1 aliphatic rings. The topological polar surface area (TPSA) is 78.4 Å². The zero-order valence-corrected chi connectivity index (χ0v) is 14.1. The second-order valence-electron chi connectivity index (χ2n) is 6.05. The van der Waals surface area contributed by atoms with Crippen LogP contribution in [0.4, 0.5) is 5.69 Å². The highest BCUT2D eigenvalue weighted by Gasteiger charge is 2.19. The Hall–Kier alpha value is -3.65. The van der Waals surface area contributed by atoms with Gasteiger partial charge in [-0.15, -0.1) is 0 Å². The summed E-state index contributed by atoms with van der Waals surface area (Å²) in [7, 11) is 0. The number of amides is 1. The molecule has 0 fully saturated rings.